The zero-order valence-corrected chi connectivity index (χ0v) is 7.43. The third-order valence-corrected chi connectivity index (χ3v) is 2.50. The molecule has 0 aromatic rings. The van der Waals surface area contributed by atoms with Crippen LogP contribution in [-0.4, -0.2) is 46.7 Å². The van der Waals surface area contributed by atoms with Gasteiger partial charge in [0.2, 0.25) is 0 Å². The summed E-state index contributed by atoms with van der Waals surface area (Å²) in [5.74, 6) is -2.33. The van der Waals surface area contributed by atoms with E-state index in [-0.39, 0.29) is 6.42 Å². The summed E-state index contributed by atoms with van der Waals surface area (Å²) in [5.41, 5.74) is 0. The quantitative estimate of drug-likeness (QED) is 0.629. The summed E-state index contributed by atoms with van der Waals surface area (Å²) in [6.45, 7) is 0.536. The van der Waals surface area contributed by atoms with Crippen LogP contribution in [0, 0.1) is 5.92 Å². The van der Waals surface area contributed by atoms with Crippen LogP contribution in [0.5, 0.6) is 0 Å². The van der Waals surface area contributed by atoms with Crippen molar-refractivity contribution in [1.29, 1.82) is 0 Å². The fourth-order valence-electron chi connectivity index (χ4n) is 1.60. The van der Waals surface area contributed by atoms with Crippen molar-refractivity contribution in [2.45, 2.75) is 18.9 Å². The van der Waals surface area contributed by atoms with Crippen molar-refractivity contribution in [3.05, 3.63) is 0 Å². The molecular formula is C8H13NO4. The van der Waals surface area contributed by atoms with Crippen LogP contribution in [0.1, 0.15) is 12.8 Å². The van der Waals surface area contributed by atoms with Crippen LogP contribution in [0.2, 0.25) is 0 Å². The summed E-state index contributed by atoms with van der Waals surface area (Å²) in [7, 11) is 1.71. The highest BCUT2D eigenvalue weighted by Crippen LogP contribution is 2.21. The number of hydrogen-bond donors (Lipinski definition) is 2. The van der Waals surface area contributed by atoms with Crippen LogP contribution in [-0.2, 0) is 9.59 Å². The lowest BCUT2D eigenvalue weighted by Gasteiger charge is -2.32. The van der Waals surface area contributed by atoms with E-state index in [1.807, 2.05) is 0 Å². The number of rotatable bonds is 2. The number of carbonyl (C=O) groups is 2. The molecule has 0 aliphatic carbocycles. The number of likely N-dealkylation sites (N-methyl/N-ethyl adjacent to an activating group) is 1. The minimum absolute atomic E-state index is 0.209. The number of nitrogens with zero attached hydrogens (tertiary/aromatic N) is 1. The van der Waals surface area contributed by atoms with E-state index in [1.165, 1.54) is 0 Å². The molecule has 5 heteroatoms. The summed E-state index contributed by atoms with van der Waals surface area (Å²) in [5, 5.41) is 17.5. The normalized spacial score (nSPS) is 29.9. The van der Waals surface area contributed by atoms with E-state index in [2.05, 4.69) is 0 Å². The van der Waals surface area contributed by atoms with Crippen molar-refractivity contribution in [3.8, 4) is 0 Å². The molecule has 74 valence electrons. The van der Waals surface area contributed by atoms with Crippen LogP contribution in [0.15, 0.2) is 0 Å². The number of likely N-dealkylation sites (tertiary alicyclic amines) is 1. The van der Waals surface area contributed by atoms with Gasteiger partial charge in [-0.15, -0.1) is 0 Å². The van der Waals surface area contributed by atoms with Gasteiger partial charge in [-0.1, -0.05) is 0 Å². The fraction of sp³-hybridized carbons (Fsp3) is 0.750. The molecule has 2 N–H and O–H groups in total. The highest BCUT2D eigenvalue weighted by molar-refractivity contribution is 5.76. The molecule has 0 bridgehead atoms. The molecule has 1 aliphatic heterocycles. The predicted octanol–water partition coefficient (Wildman–Crippen LogP) is -0.134. The Balaban J connectivity index is 2.63. The van der Waals surface area contributed by atoms with Crippen molar-refractivity contribution >= 4 is 11.9 Å². The Morgan fingerprint density at radius 1 is 1.31 bits per heavy atom. The number of hydrogen-bond acceptors (Lipinski definition) is 3. The molecule has 1 saturated heterocycles. The minimum Gasteiger partial charge on any atom is -0.481 e. The molecule has 2 atom stereocenters. The van der Waals surface area contributed by atoms with Gasteiger partial charge < -0.3 is 10.2 Å². The summed E-state index contributed by atoms with van der Waals surface area (Å²) < 4.78 is 0. The van der Waals surface area contributed by atoms with Crippen LogP contribution < -0.4 is 0 Å². The van der Waals surface area contributed by atoms with Crippen molar-refractivity contribution in [3.63, 3.8) is 0 Å². The van der Waals surface area contributed by atoms with Crippen LogP contribution >= 0.6 is 0 Å². The molecular weight excluding hydrogens is 174 g/mol. The average molecular weight is 187 g/mol. The molecule has 0 unspecified atom stereocenters. The largest absolute Gasteiger partial charge is 0.481 e. The molecule has 0 radical (unpaired) electrons. The molecule has 1 rings (SSSR count). The Kier molecular flexibility index (Phi) is 2.87. The maximum absolute atomic E-state index is 10.7. The van der Waals surface area contributed by atoms with Gasteiger partial charge in [-0.3, -0.25) is 14.5 Å². The summed E-state index contributed by atoms with van der Waals surface area (Å²) in [6, 6.07) is -0.644. The third-order valence-electron chi connectivity index (χ3n) is 2.50. The maximum Gasteiger partial charge on any atom is 0.320 e. The molecule has 0 aromatic heterocycles. The molecule has 1 aliphatic rings. The number of piperidine rings is 1. The lowest BCUT2D eigenvalue weighted by Crippen LogP contribution is -2.46. The van der Waals surface area contributed by atoms with Crippen molar-refractivity contribution in [2.75, 3.05) is 13.6 Å². The van der Waals surface area contributed by atoms with Gasteiger partial charge in [-0.2, -0.15) is 0 Å². The van der Waals surface area contributed by atoms with Gasteiger partial charge in [-0.05, 0) is 26.4 Å². The van der Waals surface area contributed by atoms with Crippen LogP contribution in [0.25, 0.3) is 0 Å². The first kappa shape index (κ1) is 9.98. The number of carboxylic acids is 2. The monoisotopic (exact) mass is 187 g/mol. The topological polar surface area (TPSA) is 77.8 Å². The average Bonchev–Trinajstić information content (AvgIpc) is 2.04. The number of aliphatic carboxylic acids is 2. The number of carboxylic acid groups (broad SMARTS) is 2. The second-order valence-electron chi connectivity index (χ2n) is 3.39. The molecule has 0 aromatic carbocycles. The highest BCUT2D eigenvalue weighted by atomic mass is 16.4. The second kappa shape index (κ2) is 3.74. The van der Waals surface area contributed by atoms with Gasteiger partial charge in [0.1, 0.15) is 6.04 Å². The van der Waals surface area contributed by atoms with E-state index in [1.54, 1.807) is 11.9 Å². The van der Waals surface area contributed by atoms with Crippen molar-refractivity contribution in [1.82, 2.24) is 4.90 Å². The fourth-order valence-corrected chi connectivity index (χ4v) is 1.60. The van der Waals surface area contributed by atoms with E-state index in [9.17, 15) is 9.59 Å². The zero-order chi connectivity index (χ0) is 10.0. The zero-order valence-electron chi connectivity index (χ0n) is 7.43. The standard InChI is InChI=1S/C8H13NO4/c1-9-3-2-5(7(10)11)4-6(9)8(12)13/h5-6H,2-4H2,1H3,(H,10,11)(H,12,13)/t5-,6+/m0/s1. The predicted molar refractivity (Wildman–Crippen MR) is 44.4 cm³/mol. The molecule has 1 heterocycles. The minimum atomic E-state index is -0.937. The first-order valence-corrected chi connectivity index (χ1v) is 4.18. The third kappa shape index (κ3) is 2.18. The molecule has 5 nitrogen and oxygen atoms in total. The molecule has 13 heavy (non-hydrogen) atoms. The molecule has 0 spiro atoms. The Morgan fingerprint density at radius 3 is 2.38 bits per heavy atom. The van der Waals surface area contributed by atoms with Crippen LogP contribution in [0.4, 0.5) is 0 Å². The Labute approximate surface area is 76.0 Å². The van der Waals surface area contributed by atoms with Gasteiger partial charge in [0.15, 0.2) is 0 Å². The van der Waals surface area contributed by atoms with E-state index in [0.717, 1.165) is 0 Å². The second-order valence-corrected chi connectivity index (χ2v) is 3.39. The van der Waals surface area contributed by atoms with Crippen LogP contribution in [0.3, 0.4) is 0 Å². The Morgan fingerprint density at radius 2 is 1.92 bits per heavy atom. The molecule has 1 fully saturated rings. The lowest BCUT2D eigenvalue weighted by atomic mass is 9.91. The van der Waals surface area contributed by atoms with Crippen molar-refractivity contribution in [2.24, 2.45) is 5.92 Å². The summed E-state index contributed by atoms with van der Waals surface area (Å²) in [6.07, 6.45) is 0.747. The summed E-state index contributed by atoms with van der Waals surface area (Å²) >= 11 is 0. The van der Waals surface area contributed by atoms with E-state index >= 15 is 0 Å². The first-order chi connectivity index (χ1) is 6.02. The van der Waals surface area contributed by atoms with E-state index < -0.39 is 23.9 Å². The maximum atomic E-state index is 10.7. The van der Waals surface area contributed by atoms with E-state index in [0.29, 0.717) is 13.0 Å². The first-order valence-electron chi connectivity index (χ1n) is 4.18. The summed E-state index contributed by atoms with van der Waals surface area (Å²) in [4.78, 5) is 23.0. The molecule has 0 amide bonds. The van der Waals surface area contributed by atoms with Gasteiger partial charge in [-0.25, -0.2) is 0 Å². The van der Waals surface area contributed by atoms with Gasteiger partial charge in [0, 0.05) is 0 Å². The SMILES string of the molecule is CN1CC[C@H](C(=O)O)C[C@@H]1C(=O)O. The highest BCUT2D eigenvalue weighted by Gasteiger charge is 2.34. The van der Waals surface area contributed by atoms with Gasteiger partial charge in [0.25, 0.3) is 0 Å². The van der Waals surface area contributed by atoms with Crippen molar-refractivity contribution < 1.29 is 19.8 Å². The van der Waals surface area contributed by atoms with E-state index in [4.69, 9.17) is 10.2 Å². The van der Waals surface area contributed by atoms with Gasteiger partial charge >= 0.3 is 11.9 Å². The molecule has 0 saturated carbocycles. The Hall–Kier alpha value is -1.10. The smallest absolute Gasteiger partial charge is 0.320 e. The van der Waals surface area contributed by atoms with Gasteiger partial charge in [0.05, 0.1) is 5.92 Å². The lowest BCUT2D eigenvalue weighted by molar-refractivity contribution is -0.149. The Bertz CT molecular complexity index is 228.